The van der Waals surface area contributed by atoms with Crippen LogP contribution < -0.4 is 0 Å². The molecule has 0 aromatic rings. The molecule has 0 unspecified atom stereocenters. The highest BCUT2D eigenvalue weighted by molar-refractivity contribution is 6.77. The Morgan fingerprint density at radius 3 is 1.75 bits per heavy atom. The van der Waals surface area contributed by atoms with Crippen LogP contribution in [0, 0.1) is 5.92 Å². The maximum Gasteiger partial charge on any atom is 0.200 e. The Morgan fingerprint density at radius 2 is 1.50 bits per heavy atom. The summed E-state index contributed by atoms with van der Waals surface area (Å²) in [6.45, 7) is 18.2. The summed E-state index contributed by atoms with van der Waals surface area (Å²) in [5, 5.41) is 10.6. The molecule has 1 saturated carbocycles. The van der Waals surface area contributed by atoms with Gasteiger partial charge in [0.15, 0.2) is 0 Å². The van der Waals surface area contributed by atoms with Crippen molar-refractivity contribution >= 4 is 8.32 Å². The van der Waals surface area contributed by atoms with Crippen molar-refractivity contribution < 1.29 is 9.53 Å². The molecule has 0 bridgehead atoms. The zero-order chi connectivity index (χ0) is 15.7. The molecule has 120 valence electrons. The number of aliphatic hydroxyl groups is 1. The minimum atomic E-state index is -1.82. The molecular weight excluding hydrogens is 264 g/mol. The van der Waals surface area contributed by atoms with Crippen LogP contribution in [0.5, 0.6) is 0 Å². The molecule has 3 atom stereocenters. The summed E-state index contributed by atoms with van der Waals surface area (Å²) in [6.07, 6.45) is 3.10. The van der Waals surface area contributed by atoms with Crippen molar-refractivity contribution in [2.45, 2.75) is 103 Å². The van der Waals surface area contributed by atoms with Gasteiger partial charge in [0.1, 0.15) is 0 Å². The molecule has 0 amide bonds. The summed E-state index contributed by atoms with van der Waals surface area (Å²) in [7, 11) is -1.82. The minimum Gasteiger partial charge on any atom is -0.413 e. The first-order valence-electron chi connectivity index (χ1n) is 8.52. The van der Waals surface area contributed by atoms with Gasteiger partial charge in [0.25, 0.3) is 0 Å². The minimum absolute atomic E-state index is 0.188. The van der Waals surface area contributed by atoms with Crippen LogP contribution in [0.2, 0.25) is 16.6 Å². The zero-order valence-electron chi connectivity index (χ0n) is 14.9. The lowest BCUT2D eigenvalue weighted by Crippen LogP contribution is -2.57. The molecular formula is C17H36O2Si. The second-order valence-corrected chi connectivity index (χ2v) is 13.1. The smallest absolute Gasteiger partial charge is 0.200 e. The third-order valence-corrected chi connectivity index (χ3v) is 12.0. The summed E-state index contributed by atoms with van der Waals surface area (Å²) in [6, 6.07) is 0. The van der Waals surface area contributed by atoms with Crippen molar-refractivity contribution in [3.05, 3.63) is 0 Å². The van der Waals surface area contributed by atoms with Crippen LogP contribution in [-0.2, 0) is 4.43 Å². The van der Waals surface area contributed by atoms with Crippen molar-refractivity contribution in [3.63, 3.8) is 0 Å². The van der Waals surface area contributed by atoms with Gasteiger partial charge in [-0.1, -0.05) is 48.5 Å². The second kappa shape index (κ2) is 6.49. The second-order valence-electron chi connectivity index (χ2n) is 7.74. The van der Waals surface area contributed by atoms with Crippen LogP contribution in [0.4, 0.5) is 0 Å². The average molecular weight is 301 g/mol. The van der Waals surface area contributed by atoms with Crippen molar-refractivity contribution in [1.82, 2.24) is 0 Å². The van der Waals surface area contributed by atoms with Crippen LogP contribution in [0.15, 0.2) is 0 Å². The summed E-state index contributed by atoms with van der Waals surface area (Å²) in [5.41, 5.74) is 1.36. The molecule has 3 heteroatoms. The Hall–Kier alpha value is 0.137. The third-order valence-electron chi connectivity index (χ3n) is 5.85. The van der Waals surface area contributed by atoms with E-state index in [0.717, 1.165) is 19.3 Å². The van der Waals surface area contributed by atoms with E-state index in [1.54, 1.807) is 0 Å². The fourth-order valence-electron chi connectivity index (χ4n) is 4.57. The highest BCUT2D eigenvalue weighted by Gasteiger charge is 2.51. The van der Waals surface area contributed by atoms with Gasteiger partial charge in [-0.25, -0.2) is 0 Å². The van der Waals surface area contributed by atoms with E-state index in [1.807, 2.05) is 0 Å². The Labute approximate surface area is 127 Å². The quantitative estimate of drug-likeness (QED) is 0.661. The molecule has 0 heterocycles. The van der Waals surface area contributed by atoms with Crippen LogP contribution in [0.1, 0.15) is 74.7 Å². The van der Waals surface area contributed by atoms with E-state index in [2.05, 4.69) is 55.4 Å². The first-order valence-corrected chi connectivity index (χ1v) is 10.7. The Morgan fingerprint density at radius 1 is 1.05 bits per heavy atom. The topological polar surface area (TPSA) is 29.5 Å². The van der Waals surface area contributed by atoms with Gasteiger partial charge >= 0.3 is 0 Å². The van der Waals surface area contributed by atoms with Crippen molar-refractivity contribution in [2.24, 2.45) is 5.92 Å². The molecule has 1 aliphatic carbocycles. The van der Waals surface area contributed by atoms with E-state index in [-0.39, 0.29) is 6.10 Å². The highest BCUT2D eigenvalue weighted by Crippen LogP contribution is 2.48. The Balaban J connectivity index is 2.91. The van der Waals surface area contributed by atoms with Crippen molar-refractivity contribution in [3.8, 4) is 0 Å². The molecule has 0 aromatic heterocycles. The van der Waals surface area contributed by atoms with E-state index in [9.17, 15) is 5.11 Å². The summed E-state index contributed by atoms with van der Waals surface area (Å²) in [4.78, 5) is 0. The summed E-state index contributed by atoms with van der Waals surface area (Å²) < 4.78 is 6.80. The lowest BCUT2D eigenvalue weighted by molar-refractivity contribution is -0.134. The van der Waals surface area contributed by atoms with Crippen LogP contribution in [0.25, 0.3) is 0 Å². The van der Waals surface area contributed by atoms with E-state index < -0.39 is 13.9 Å². The molecule has 1 fully saturated rings. The van der Waals surface area contributed by atoms with Gasteiger partial charge in [-0.2, -0.15) is 0 Å². The molecule has 0 saturated heterocycles. The van der Waals surface area contributed by atoms with Gasteiger partial charge < -0.3 is 9.53 Å². The van der Waals surface area contributed by atoms with E-state index in [4.69, 9.17) is 4.43 Å². The summed E-state index contributed by atoms with van der Waals surface area (Å²) >= 11 is 0. The molecule has 0 spiro atoms. The van der Waals surface area contributed by atoms with E-state index in [1.165, 1.54) is 0 Å². The number of rotatable bonds is 7. The number of hydrogen-bond donors (Lipinski definition) is 1. The molecule has 20 heavy (non-hydrogen) atoms. The van der Waals surface area contributed by atoms with Gasteiger partial charge in [0, 0.05) is 12.0 Å². The lowest BCUT2D eigenvalue weighted by atomic mass is 9.66. The van der Waals surface area contributed by atoms with Gasteiger partial charge in [0.05, 0.1) is 5.60 Å². The van der Waals surface area contributed by atoms with E-state index >= 15 is 0 Å². The van der Waals surface area contributed by atoms with Crippen LogP contribution in [-0.4, -0.2) is 25.1 Å². The van der Waals surface area contributed by atoms with Gasteiger partial charge in [-0.05, 0) is 42.8 Å². The first-order chi connectivity index (χ1) is 9.11. The third kappa shape index (κ3) is 3.00. The summed E-state index contributed by atoms with van der Waals surface area (Å²) in [5.74, 6) is 0.329. The van der Waals surface area contributed by atoms with Crippen molar-refractivity contribution in [2.75, 3.05) is 0 Å². The van der Waals surface area contributed by atoms with Crippen LogP contribution >= 0.6 is 0 Å². The Kier molecular flexibility index (Phi) is 5.90. The van der Waals surface area contributed by atoms with E-state index in [0.29, 0.717) is 22.5 Å². The maximum atomic E-state index is 10.6. The lowest BCUT2D eigenvalue weighted by Gasteiger charge is -2.52. The van der Waals surface area contributed by atoms with Crippen molar-refractivity contribution in [1.29, 1.82) is 0 Å². The SMILES string of the molecule is CC[C@]1(O)CC[C@@H]1[C@@H](C)O[Si](C(C)C)(C(C)C)C(C)C. The molecule has 0 radical (unpaired) electrons. The predicted octanol–water partition coefficient (Wildman–Crippen LogP) is 5.12. The highest BCUT2D eigenvalue weighted by atomic mass is 28.4. The fraction of sp³-hybridized carbons (Fsp3) is 1.00. The zero-order valence-corrected chi connectivity index (χ0v) is 15.9. The molecule has 2 nitrogen and oxygen atoms in total. The van der Waals surface area contributed by atoms with Gasteiger partial charge in [-0.3, -0.25) is 0 Å². The normalized spacial score (nSPS) is 29.1. The molecule has 0 aromatic carbocycles. The largest absolute Gasteiger partial charge is 0.413 e. The maximum absolute atomic E-state index is 10.6. The van der Waals surface area contributed by atoms with Gasteiger partial charge in [-0.15, -0.1) is 0 Å². The monoisotopic (exact) mass is 300 g/mol. The standard InChI is InChI=1S/C17H36O2Si/c1-9-17(18)11-10-16(17)15(8)19-20(12(2)3,13(4)5)14(6)7/h12-16,18H,9-11H2,1-8H3/t15-,16-,17+/m1/s1. The number of hydrogen-bond acceptors (Lipinski definition) is 2. The molecule has 1 rings (SSSR count). The first kappa shape index (κ1) is 18.2. The Bertz CT molecular complexity index is 288. The predicted molar refractivity (Wildman–Crippen MR) is 89.6 cm³/mol. The van der Waals surface area contributed by atoms with Crippen LogP contribution in [0.3, 0.4) is 0 Å². The molecule has 0 aliphatic heterocycles. The fourth-order valence-corrected chi connectivity index (χ4v) is 10.2. The molecule has 1 N–H and O–H groups in total. The van der Waals surface area contributed by atoms with Gasteiger partial charge in [0.2, 0.25) is 8.32 Å². The average Bonchev–Trinajstić information content (AvgIpc) is 2.32. The molecule has 1 aliphatic rings.